The van der Waals surface area contributed by atoms with Crippen LogP contribution in [0.2, 0.25) is 0 Å². The van der Waals surface area contributed by atoms with E-state index < -0.39 is 11.9 Å². The summed E-state index contributed by atoms with van der Waals surface area (Å²) in [5.41, 5.74) is 0.677. The molecule has 0 spiro atoms. The van der Waals surface area contributed by atoms with Crippen LogP contribution in [0.3, 0.4) is 0 Å². The molecule has 0 unspecified atom stereocenters. The first kappa shape index (κ1) is 15.0. The summed E-state index contributed by atoms with van der Waals surface area (Å²) in [4.78, 5) is 24.3. The number of anilines is 1. The fraction of sp³-hybridized carbons (Fsp3) is 0.467. The Morgan fingerprint density at radius 2 is 2.05 bits per heavy atom. The van der Waals surface area contributed by atoms with Crippen molar-refractivity contribution < 1.29 is 14.3 Å². The lowest BCUT2D eigenvalue weighted by Gasteiger charge is -2.20. The summed E-state index contributed by atoms with van der Waals surface area (Å²) in [6.07, 6.45) is 3.96. The van der Waals surface area contributed by atoms with Crippen LogP contribution in [-0.2, 0) is 14.3 Å². The molecule has 0 saturated heterocycles. The molecule has 0 radical (unpaired) electrons. The van der Waals surface area contributed by atoms with E-state index in [-0.39, 0.29) is 11.8 Å². The van der Waals surface area contributed by atoms with Gasteiger partial charge >= 0.3 is 5.97 Å². The minimum atomic E-state index is -0.707. The third kappa shape index (κ3) is 3.60. The molecule has 1 fully saturated rings. The molecule has 1 aliphatic carbocycles. The number of rotatable bonds is 4. The van der Waals surface area contributed by atoms with Crippen molar-refractivity contribution in [3.63, 3.8) is 0 Å². The second kappa shape index (κ2) is 6.88. The standard InChI is InChI=1S/C15H18BrNO3/c1-20-15(19)13(10-5-2-3-6-10)14(18)17-12-8-4-7-11(16)9-12/h4,7-10,13H,2-3,5-6H2,1H3,(H,17,18)/t13-/m1/s1. The van der Waals surface area contributed by atoms with E-state index in [0.717, 1.165) is 30.2 Å². The van der Waals surface area contributed by atoms with Gasteiger partial charge in [-0.2, -0.15) is 0 Å². The maximum Gasteiger partial charge on any atom is 0.318 e. The van der Waals surface area contributed by atoms with Crippen molar-refractivity contribution in [3.05, 3.63) is 28.7 Å². The molecular formula is C15H18BrNO3. The molecule has 0 aromatic heterocycles. The van der Waals surface area contributed by atoms with Gasteiger partial charge in [0.2, 0.25) is 5.91 Å². The number of ether oxygens (including phenoxy) is 1. The third-order valence-corrected chi connectivity index (χ3v) is 4.19. The number of nitrogens with one attached hydrogen (secondary N) is 1. The smallest absolute Gasteiger partial charge is 0.318 e. The molecule has 1 N–H and O–H groups in total. The average molecular weight is 340 g/mol. The Hall–Kier alpha value is -1.36. The monoisotopic (exact) mass is 339 g/mol. The predicted molar refractivity (Wildman–Crippen MR) is 80.2 cm³/mol. The van der Waals surface area contributed by atoms with Gasteiger partial charge in [-0.1, -0.05) is 34.8 Å². The van der Waals surface area contributed by atoms with Crippen molar-refractivity contribution in [1.82, 2.24) is 0 Å². The molecule has 1 aliphatic rings. The first-order valence-electron chi connectivity index (χ1n) is 6.76. The molecule has 1 aromatic carbocycles. The summed E-state index contributed by atoms with van der Waals surface area (Å²) in [7, 11) is 1.33. The van der Waals surface area contributed by atoms with Gasteiger partial charge in [-0.25, -0.2) is 0 Å². The third-order valence-electron chi connectivity index (χ3n) is 3.70. The molecule has 4 nitrogen and oxygen atoms in total. The van der Waals surface area contributed by atoms with Crippen molar-refractivity contribution in [1.29, 1.82) is 0 Å². The van der Waals surface area contributed by atoms with E-state index in [1.165, 1.54) is 7.11 Å². The van der Waals surface area contributed by atoms with Crippen LogP contribution in [0.1, 0.15) is 25.7 Å². The molecule has 0 bridgehead atoms. The number of carbonyl (C=O) groups excluding carboxylic acids is 2. The Morgan fingerprint density at radius 1 is 1.35 bits per heavy atom. The molecule has 1 amide bonds. The van der Waals surface area contributed by atoms with Gasteiger partial charge in [0, 0.05) is 10.2 Å². The molecule has 1 aromatic rings. The Kier molecular flexibility index (Phi) is 5.17. The van der Waals surface area contributed by atoms with Crippen molar-refractivity contribution in [2.24, 2.45) is 11.8 Å². The Labute approximate surface area is 127 Å². The minimum Gasteiger partial charge on any atom is -0.468 e. The summed E-state index contributed by atoms with van der Waals surface area (Å²) < 4.78 is 5.68. The highest BCUT2D eigenvalue weighted by molar-refractivity contribution is 9.10. The lowest BCUT2D eigenvalue weighted by Crippen LogP contribution is -2.35. The summed E-state index contributed by atoms with van der Waals surface area (Å²) in [5.74, 6) is -1.33. The SMILES string of the molecule is COC(=O)[C@@H](C(=O)Nc1cccc(Br)c1)C1CCCC1. The topological polar surface area (TPSA) is 55.4 Å². The van der Waals surface area contributed by atoms with E-state index in [2.05, 4.69) is 21.2 Å². The van der Waals surface area contributed by atoms with E-state index in [4.69, 9.17) is 4.74 Å². The number of amides is 1. The van der Waals surface area contributed by atoms with Crippen LogP contribution < -0.4 is 5.32 Å². The fourth-order valence-corrected chi connectivity index (χ4v) is 3.12. The van der Waals surface area contributed by atoms with Crippen LogP contribution in [-0.4, -0.2) is 19.0 Å². The quantitative estimate of drug-likeness (QED) is 0.675. The van der Waals surface area contributed by atoms with E-state index in [1.807, 2.05) is 12.1 Å². The van der Waals surface area contributed by atoms with E-state index in [1.54, 1.807) is 12.1 Å². The number of hydrogen-bond donors (Lipinski definition) is 1. The minimum absolute atomic E-state index is 0.0922. The zero-order valence-corrected chi connectivity index (χ0v) is 13.0. The van der Waals surface area contributed by atoms with Crippen LogP contribution in [0.25, 0.3) is 0 Å². The number of carbonyl (C=O) groups is 2. The Balaban J connectivity index is 2.11. The Bertz CT molecular complexity index is 498. The largest absolute Gasteiger partial charge is 0.468 e. The predicted octanol–water partition coefficient (Wildman–Crippen LogP) is 3.37. The van der Waals surface area contributed by atoms with Gasteiger partial charge in [0.05, 0.1) is 7.11 Å². The molecule has 0 aliphatic heterocycles. The van der Waals surface area contributed by atoms with Gasteiger partial charge in [-0.15, -0.1) is 0 Å². The summed E-state index contributed by atoms with van der Waals surface area (Å²) in [6, 6.07) is 7.32. The number of esters is 1. The number of hydrogen-bond acceptors (Lipinski definition) is 3. The van der Waals surface area contributed by atoms with Crippen molar-refractivity contribution in [2.45, 2.75) is 25.7 Å². The van der Waals surface area contributed by atoms with Crippen LogP contribution in [0, 0.1) is 11.8 Å². The number of methoxy groups -OCH3 is 1. The lowest BCUT2D eigenvalue weighted by molar-refractivity contribution is -0.150. The van der Waals surface area contributed by atoms with Crippen LogP contribution >= 0.6 is 15.9 Å². The van der Waals surface area contributed by atoms with Crippen molar-refractivity contribution in [3.8, 4) is 0 Å². The van der Waals surface area contributed by atoms with Crippen LogP contribution in [0.4, 0.5) is 5.69 Å². The fourth-order valence-electron chi connectivity index (χ4n) is 2.72. The lowest BCUT2D eigenvalue weighted by atomic mass is 9.90. The summed E-state index contributed by atoms with van der Waals surface area (Å²) in [6.45, 7) is 0. The molecular weight excluding hydrogens is 322 g/mol. The molecule has 1 atom stereocenters. The van der Waals surface area contributed by atoms with Gasteiger partial charge in [-0.05, 0) is 37.0 Å². The normalized spacial score (nSPS) is 16.7. The highest BCUT2D eigenvalue weighted by Crippen LogP contribution is 2.33. The second-order valence-corrected chi connectivity index (χ2v) is 5.96. The number of halogens is 1. The summed E-state index contributed by atoms with van der Waals surface area (Å²) >= 11 is 3.36. The van der Waals surface area contributed by atoms with Gasteiger partial charge < -0.3 is 10.1 Å². The van der Waals surface area contributed by atoms with Gasteiger partial charge in [-0.3, -0.25) is 9.59 Å². The first-order chi connectivity index (χ1) is 9.61. The highest BCUT2D eigenvalue weighted by Gasteiger charge is 2.37. The van der Waals surface area contributed by atoms with Crippen molar-refractivity contribution >= 4 is 33.5 Å². The second-order valence-electron chi connectivity index (χ2n) is 5.04. The molecule has 0 heterocycles. The molecule has 20 heavy (non-hydrogen) atoms. The zero-order chi connectivity index (χ0) is 14.5. The van der Waals surface area contributed by atoms with Gasteiger partial charge in [0.25, 0.3) is 0 Å². The molecule has 108 valence electrons. The number of benzene rings is 1. The molecule has 1 saturated carbocycles. The van der Waals surface area contributed by atoms with Crippen LogP contribution in [0.5, 0.6) is 0 Å². The Morgan fingerprint density at radius 3 is 2.65 bits per heavy atom. The van der Waals surface area contributed by atoms with E-state index >= 15 is 0 Å². The van der Waals surface area contributed by atoms with Gasteiger partial charge in [0.1, 0.15) is 5.92 Å². The summed E-state index contributed by atoms with van der Waals surface area (Å²) in [5, 5.41) is 2.81. The maximum absolute atomic E-state index is 12.4. The maximum atomic E-state index is 12.4. The molecule has 5 heteroatoms. The average Bonchev–Trinajstić information content (AvgIpc) is 2.92. The first-order valence-corrected chi connectivity index (χ1v) is 7.55. The van der Waals surface area contributed by atoms with Crippen LogP contribution in [0.15, 0.2) is 28.7 Å². The van der Waals surface area contributed by atoms with Crippen molar-refractivity contribution in [2.75, 3.05) is 12.4 Å². The van der Waals surface area contributed by atoms with E-state index in [9.17, 15) is 9.59 Å². The zero-order valence-electron chi connectivity index (χ0n) is 11.4. The highest BCUT2D eigenvalue weighted by atomic mass is 79.9. The van der Waals surface area contributed by atoms with E-state index in [0.29, 0.717) is 5.69 Å². The molecule has 2 rings (SSSR count). The van der Waals surface area contributed by atoms with Gasteiger partial charge in [0.15, 0.2) is 0 Å².